The first-order chi connectivity index (χ1) is 8.61. The normalized spacial score (nSPS) is 13.1. The largest absolute Gasteiger partial charge is 0.481 e. The molecule has 1 rings (SSSR count). The van der Waals surface area contributed by atoms with Crippen molar-refractivity contribution in [2.75, 3.05) is 0 Å². The van der Waals surface area contributed by atoms with E-state index in [0.717, 1.165) is 11.3 Å². The van der Waals surface area contributed by atoms with Gasteiger partial charge in [0.15, 0.2) is 0 Å². The third-order valence-corrected chi connectivity index (χ3v) is 3.26. The number of nitrogens with zero attached hydrogens (tertiary/aromatic N) is 1. The van der Waals surface area contributed by atoms with Crippen molar-refractivity contribution in [3.8, 4) is 0 Å². The van der Waals surface area contributed by atoms with Gasteiger partial charge in [0, 0.05) is 0 Å². The van der Waals surface area contributed by atoms with Crippen molar-refractivity contribution in [2.45, 2.75) is 32.5 Å². The number of amides is 1. The molecule has 1 atom stereocenters. The van der Waals surface area contributed by atoms with E-state index in [0.29, 0.717) is 10.7 Å². The van der Waals surface area contributed by atoms with Crippen molar-refractivity contribution < 1.29 is 27.9 Å². The van der Waals surface area contributed by atoms with Gasteiger partial charge in [-0.05, 0) is 13.8 Å². The van der Waals surface area contributed by atoms with Crippen LogP contribution in [0, 0.1) is 13.8 Å². The van der Waals surface area contributed by atoms with Gasteiger partial charge < -0.3 is 10.4 Å². The number of nitrogens with one attached hydrogen (secondary N) is 1. The molecule has 9 heteroatoms. The molecule has 0 saturated heterocycles. The quantitative estimate of drug-likeness (QED) is 0.889. The number of hydrogen-bond donors (Lipinski definition) is 2. The van der Waals surface area contributed by atoms with Crippen molar-refractivity contribution in [2.24, 2.45) is 0 Å². The molecule has 1 aromatic heterocycles. The van der Waals surface area contributed by atoms with E-state index >= 15 is 0 Å². The van der Waals surface area contributed by atoms with E-state index < -0.39 is 30.5 Å². The number of carbonyl (C=O) groups excluding carboxylic acids is 1. The van der Waals surface area contributed by atoms with Crippen molar-refractivity contribution in [3.63, 3.8) is 0 Å². The summed E-state index contributed by atoms with van der Waals surface area (Å²) in [7, 11) is 0. The second-order valence-corrected chi connectivity index (χ2v) is 5.02. The van der Waals surface area contributed by atoms with Crippen LogP contribution < -0.4 is 5.32 Å². The van der Waals surface area contributed by atoms with Gasteiger partial charge in [-0.3, -0.25) is 9.59 Å². The van der Waals surface area contributed by atoms with Gasteiger partial charge in [-0.2, -0.15) is 13.2 Å². The fourth-order valence-corrected chi connectivity index (χ4v) is 2.21. The molecule has 1 amide bonds. The Balaban J connectivity index is 2.88. The average molecular weight is 296 g/mol. The molecule has 1 unspecified atom stereocenters. The van der Waals surface area contributed by atoms with Crippen LogP contribution >= 0.6 is 11.3 Å². The lowest BCUT2D eigenvalue weighted by atomic mass is 10.2. The Kier molecular flexibility index (Phi) is 4.51. The molecule has 0 radical (unpaired) electrons. The first-order valence-corrected chi connectivity index (χ1v) is 5.96. The highest BCUT2D eigenvalue weighted by atomic mass is 32.1. The predicted molar refractivity (Wildman–Crippen MR) is 61.2 cm³/mol. The summed E-state index contributed by atoms with van der Waals surface area (Å²) in [5.41, 5.74) is 0.316. The molecule has 0 aliphatic carbocycles. The van der Waals surface area contributed by atoms with Crippen LogP contribution in [0.2, 0.25) is 0 Å². The van der Waals surface area contributed by atoms with E-state index in [1.807, 2.05) is 0 Å². The zero-order valence-electron chi connectivity index (χ0n) is 10.0. The Labute approximate surface area is 110 Å². The van der Waals surface area contributed by atoms with Crippen LogP contribution in [0.4, 0.5) is 13.2 Å². The maximum Gasteiger partial charge on any atom is 0.409 e. The van der Waals surface area contributed by atoms with Gasteiger partial charge >= 0.3 is 12.1 Å². The minimum absolute atomic E-state index is 0.0529. The summed E-state index contributed by atoms with van der Waals surface area (Å²) in [6.45, 7) is 3.12. The van der Waals surface area contributed by atoms with Gasteiger partial charge in [0.2, 0.25) is 0 Å². The number of rotatable bonds is 4. The lowest BCUT2D eigenvalue weighted by Crippen LogP contribution is -2.46. The number of aromatic nitrogens is 1. The summed E-state index contributed by atoms with van der Waals surface area (Å²) >= 11 is 0.956. The molecule has 1 aromatic rings. The summed E-state index contributed by atoms with van der Waals surface area (Å²) in [5.74, 6) is -2.61. The topological polar surface area (TPSA) is 79.3 Å². The molecule has 19 heavy (non-hydrogen) atoms. The van der Waals surface area contributed by atoms with E-state index in [-0.39, 0.29) is 4.88 Å². The first kappa shape index (κ1) is 15.4. The highest BCUT2D eigenvalue weighted by Crippen LogP contribution is 2.24. The molecule has 0 aliphatic heterocycles. The standard InChI is InChI=1S/C10H11F3N2O3S/c1-4-8(19-5(2)14-4)9(18)15-6(3-7(16)17)10(11,12)13/h6H,3H2,1-2H3,(H,15,18)(H,16,17). The number of carbonyl (C=O) groups is 2. The fraction of sp³-hybridized carbons (Fsp3) is 0.500. The second kappa shape index (κ2) is 5.55. The molecule has 0 aromatic carbocycles. The SMILES string of the molecule is Cc1nc(C)c(C(=O)NC(CC(=O)O)C(F)(F)F)s1. The number of carboxylic acid groups (broad SMARTS) is 1. The van der Waals surface area contributed by atoms with E-state index in [9.17, 15) is 22.8 Å². The van der Waals surface area contributed by atoms with E-state index in [4.69, 9.17) is 5.11 Å². The predicted octanol–water partition coefficient (Wildman–Crippen LogP) is 1.90. The lowest BCUT2D eigenvalue weighted by molar-refractivity contribution is -0.165. The van der Waals surface area contributed by atoms with Crippen LogP contribution in [0.5, 0.6) is 0 Å². The summed E-state index contributed by atoms with van der Waals surface area (Å²) in [6, 6.07) is -2.42. The fourth-order valence-electron chi connectivity index (χ4n) is 1.39. The minimum Gasteiger partial charge on any atom is -0.481 e. The molecule has 2 N–H and O–H groups in total. The van der Waals surface area contributed by atoms with Crippen LogP contribution in [0.3, 0.4) is 0 Å². The third-order valence-electron chi connectivity index (χ3n) is 2.19. The molecule has 5 nitrogen and oxygen atoms in total. The molecular formula is C10H11F3N2O3S. The summed E-state index contributed by atoms with van der Waals surface area (Å²) in [5, 5.41) is 10.7. The molecule has 1 heterocycles. The third kappa shape index (κ3) is 4.19. The van der Waals surface area contributed by atoms with Gasteiger partial charge in [0.05, 0.1) is 17.1 Å². The Morgan fingerprint density at radius 3 is 2.37 bits per heavy atom. The number of hydrogen-bond acceptors (Lipinski definition) is 4. The monoisotopic (exact) mass is 296 g/mol. The maximum atomic E-state index is 12.6. The summed E-state index contributed by atoms with van der Waals surface area (Å²) in [4.78, 5) is 26.0. The van der Waals surface area contributed by atoms with Crippen LogP contribution in [-0.2, 0) is 4.79 Å². The summed E-state index contributed by atoms with van der Waals surface area (Å²) < 4.78 is 37.7. The second-order valence-electron chi connectivity index (χ2n) is 3.81. The first-order valence-electron chi connectivity index (χ1n) is 5.14. The minimum atomic E-state index is -4.82. The Bertz CT molecular complexity index is 499. The van der Waals surface area contributed by atoms with Crippen LogP contribution in [0.1, 0.15) is 26.8 Å². The number of carboxylic acids is 1. The molecule has 0 spiro atoms. The molecule has 106 valence electrons. The molecule has 0 fully saturated rings. The van der Waals surface area contributed by atoms with Crippen LogP contribution in [0.15, 0.2) is 0 Å². The molecular weight excluding hydrogens is 285 g/mol. The van der Waals surface area contributed by atoms with Crippen molar-refractivity contribution in [1.82, 2.24) is 10.3 Å². The number of thiazole rings is 1. The van der Waals surface area contributed by atoms with Gasteiger partial charge in [-0.25, -0.2) is 4.98 Å². The number of aryl methyl sites for hydroxylation is 2. The van der Waals surface area contributed by atoms with E-state index in [1.165, 1.54) is 6.92 Å². The number of alkyl halides is 3. The van der Waals surface area contributed by atoms with Gasteiger partial charge in [-0.1, -0.05) is 0 Å². The molecule has 0 saturated carbocycles. The van der Waals surface area contributed by atoms with Gasteiger partial charge in [-0.15, -0.1) is 11.3 Å². The van der Waals surface area contributed by atoms with Crippen molar-refractivity contribution in [1.29, 1.82) is 0 Å². The average Bonchev–Trinajstić information content (AvgIpc) is 2.54. The highest BCUT2D eigenvalue weighted by Gasteiger charge is 2.42. The zero-order chi connectivity index (χ0) is 14.8. The van der Waals surface area contributed by atoms with E-state index in [2.05, 4.69) is 4.98 Å². The zero-order valence-corrected chi connectivity index (χ0v) is 10.9. The maximum absolute atomic E-state index is 12.6. The molecule has 0 bridgehead atoms. The number of aliphatic carboxylic acids is 1. The Morgan fingerprint density at radius 2 is 2.00 bits per heavy atom. The smallest absolute Gasteiger partial charge is 0.409 e. The molecule has 0 aliphatic rings. The summed E-state index contributed by atoms with van der Waals surface area (Å²) in [6.07, 6.45) is -6.03. The van der Waals surface area contributed by atoms with Crippen molar-refractivity contribution >= 4 is 23.2 Å². The van der Waals surface area contributed by atoms with Crippen LogP contribution in [-0.4, -0.2) is 34.2 Å². The Morgan fingerprint density at radius 1 is 1.42 bits per heavy atom. The lowest BCUT2D eigenvalue weighted by Gasteiger charge is -2.19. The van der Waals surface area contributed by atoms with Crippen molar-refractivity contribution in [3.05, 3.63) is 15.6 Å². The van der Waals surface area contributed by atoms with Crippen LogP contribution in [0.25, 0.3) is 0 Å². The van der Waals surface area contributed by atoms with E-state index in [1.54, 1.807) is 12.2 Å². The van der Waals surface area contributed by atoms with Gasteiger partial charge in [0.1, 0.15) is 10.9 Å². The Hall–Kier alpha value is -1.64. The number of halogens is 3. The van der Waals surface area contributed by atoms with Gasteiger partial charge in [0.25, 0.3) is 5.91 Å². The highest BCUT2D eigenvalue weighted by molar-refractivity contribution is 7.13.